The van der Waals surface area contributed by atoms with E-state index < -0.39 is 11.7 Å². The molecule has 234 valence electrons. The van der Waals surface area contributed by atoms with Gasteiger partial charge in [-0.2, -0.15) is 10.5 Å². The predicted molar refractivity (Wildman–Crippen MR) is 170 cm³/mol. The molecule has 1 saturated heterocycles. The zero-order valence-corrected chi connectivity index (χ0v) is 25.2. The number of nitrogens with zero attached hydrogens (tertiary/aromatic N) is 5. The molecule has 0 radical (unpaired) electrons. The van der Waals surface area contributed by atoms with E-state index in [1.807, 2.05) is 18.2 Å². The van der Waals surface area contributed by atoms with Crippen LogP contribution in [0, 0.1) is 28.5 Å². The normalized spacial score (nSPS) is 13.1. The Hall–Kier alpha value is -5.56. The van der Waals surface area contributed by atoms with Gasteiger partial charge in [-0.15, -0.1) is 0 Å². The maximum absolute atomic E-state index is 14.8. The number of pyridine rings is 2. The first kappa shape index (κ1) is 31.9. The number of nitriles is 2. The van der Waals surface area contributed by atoms with Crippen molar-refractivity contribution in [2.45, 2.75) is 38.3 Å². The number of carbonyl (C=O) groups excluding carboxylic acids is 1. The van der Waals surface area contributed by atoms with Crippen LogP contribution in [0.3, 0.4) is 0 Å². The molecule has 12 heteroatoms. The minimum atomic E-state index is -0.688. The van der Waals surface area contributed by atoms with Crippen molar-refractivity contribution in [2.75, 3.05) is 30.4 Å². The van der Waals surface area contributed by atoms with E-state index >= 15 is 0 Å². The van der Waals surface area contributed by atoms with E-state index in [0.29, 0.717) is 59.8 Å². The van der Waals surface area contributed by atoms with Crippen molar-refractivity contribution in [2.24, 2.45) is 0 Å². The first-order valence-electron chi connectivity index (χ1n) is 14.8. The molecule has 5 N–H and O–H groups in total. The van der Waals surface area contributed by atoms with Gasteiger partial charge in [-0.1, -0.05) is 18.2 Å². The number of carbonyl (C=O) groups is 1. The molecule has 4 aromatic rings. The number of hydroxylamine groups is 1. The highest BCUT2D eigenvalue weighted by molar-refractivity contribution is 5.91. The molecule has 0 atom stereocenters. The summed E-state index contributed by atoms with van der Waals surface area (Å²) in [6.07, 6.45) is 5.63. The Morgan fingerprint density at radius 3 is 2.46 bits per heavy atom. The Bertz CT molecular complexity index is 1810. The van der Waals surface area contributed by atoms with Crippen LogP contribution in [-0.2, 0) is 17.8 Å². The van der Waals surface area contributed by atoms with E-state index in [9.17, 15) is 24.8 Å². The zero-order chi connectivity index (χ0) is 32.6. The molecule has 46 heavy (non-hydrogen) atoms. The third kappa shape index (κ3) is 7.05. The highest BCUT2D eigenvalue weighted by atomic mass is 19.1. The van der Waals surface area contributed by atoms with Crippen molar-refractivity contribution in [3.05, 3.63) is 89.1 Å². The SMILES string of the molecule is CNc1ccc(-c2cnc(N3CCC(NCc4ccc(CCC(=O)NO)cn4)CC3)c(C#N)c2-c2ccc(C#N)c(F)c2)cc1O. The number of rotatable bonds is 10. The summed E-state index contributed by atoms with van der Waals surface area (Å²) in [5.41, 5.74) is 6.18. The van der Waals surface area contributed by atoms with Gasteiger partial charge in [-0.3, -0.25) is 15.0 Å². The molecule has 1 aliphatic heterocycles. The second kappa shape index (κ2) is 14.5. The van der Waals surface area contributed by atoms with Crippen LogP contribution in [-0.4, -0.2) is 52.4 Å². The highest BCUT2D eigenvalue weighted by Gasteiger charge is 2.26. The molecule has 0 aliphatic carbocycles. The minimum absolute atomic E-state index is 0.0207. The van der Waals surface area contributed by atoms with Crippen molar-refractivity contribution in [3.8, 4) is 40.1 Å². The van der Waals surface area contributed by atoms with Crippen LogP contribution in [0.1, 0.15) is 41.6 Å². The Kier molecular flexibility index (Phi) is 10.0. The van der Waals surface area contributed by atoms with Gasteiger partial charge in [-0.05, 0) is 66.3 Å². The lowest BCUT2D eigenvalue weighted by molar-refractivity contribution is -0.129. The molecular formula is C34H33FN8O3. The van der Waals surface area contributed by atoms with Gasteiger partial charge >= 0.3 is 0 Å². The van der Waals surface area contributed by atoms with E-state index in [1.165, 1.54) is 12.1 Å². The van der Waals surface area contributed by atoms with Crippen LogP contribution < -0.4 is 21.0 Å². The van der Waals surface area contributed by atoms with Crippen LogP contribution in [0.5, 0.6) is 5.75 Å². The summed E-state index contributed by atoms with van der Waals surface area (Å²) in [5, 5.41) is 45.4. The van der Waals surface area contributed by atoms with Gasteiger partial charge in [0.05, 0.1) is 16.9 Å². The molecule has 0 saturated carbocycles. The van der Waals surface area contributed by atoms with Crippen molar-refractivity contribution >= 4 is 17.4 Å². The van der Waals surface area contributed by atoms with Crippen molar-refractivity contribution < 1.29 is 19.5 Å². The highest BCUT2D eigenvalue weighted by Crippen LogP contribution is 2.41. The van der Waals surface area contributed by atoms with Crippen LogP contribution in [0.4, 0.5) is 15.9 Å². The number of amides is 1. The third-order valence-corrected chi connectivity index (χ3v) is 8.14. The molecule has 11 nitrogen and oxygen atoms in total. The largest absolute Gasteiger partial charge is 0.506 e. The van der Waals surface area contributed by atoms with Crippen molar-refractivity contribution in [1.82, 2.24) is 20.8 Å². The molecule has 0 spiro atoms. The number of halogens is 1. The Labute approximate surface area is 265 Å². The molecule has 5 rings (SSSR count). The van der Waals surface area contributed by atoms with E-state index in [1.54, 1.807) is 49.2 Å². The maximum Gasteiger partial charge on any atom is 0.243 e. The number of benzene rings is 2. The molecule has 0 bridgehead atoms. The van der Waals surface area contributed by atoms with Crippen LogP contribution >= 0.6 is 0 Å². The summed E-state index contributed by atoms with van der Waals surface area (Å²) in [5.74, 6) is -0.615. The maximum atomic E-state index is 14.8. The van der Waals surface area contributed by atoms with Crippen LogP contribution in [0.25, 0.3) is 22.3 Å². The lowest BCUT2D eigenvalue weighted by Gasteiger charge is -2.34. The third-order valence-electron chi connectivity index (χ3n) is 8.14. The number of phenols is 1. The van der Waals surface area contributed by atoms with Gasteiger partial charge in [-0.25, -0.2) is 14.9 Å². The number of nitrogens with one attached hydrogen (secondary N) is 3. The van der Waals surface area contributed by atoms with Crippen molar-refractivity contribution in [3.63, 3.8) is 0 Å². The number of phenolic OH excluding ortho intramolecular Hbond substituents is 1. The van der Waals surface area contributed by atoms with Gasteiger partial charge in [0.25, 0.3) is 0 Å². The van der Waals surface area contributed by atoms with E-state index in [2.05, 4.69) is 26.6 Å². The zero-order valence-electron chi connectivity index (χ0n) is 25.2. The van der Waals surface area contributed by atoms with Gasteiger partial charge < -0.3 is 20.6 Å². The fraction of sp³-hybridized carbons (Fsp3) is 0.265. The van der Waals surface area contributed by atoms with Crippen LogP contribution in [0.2, 0.25) is 0 Å². The van der Waals surface area contributed by atoms with Gasteiger partial charge in [0.15, 0.2) is 0 Å². The second-order valence-corrected chi connectivity index (χ2v) is 11.0. The number of aryl methyl sites for hydroxylation is 1. The van der Waals surface area contributed by atoms with E-state index in [0.717, 1.165) is 24.1 Å². The molecule has 0 unspecified atom stereocenters. The molecule has 2 aromatic heterocycles. The van der Waals surface area contributed by atoms with Crippen molar-refractivity contribution in [1.29, 1.82) is 10.5 Å². The number of aromatic hydroxyl groups is 1. The lowest BCUT2D eigenvalue weighted by Crippen LogP contribution is -2.43. The Morgan fingerprint density at radius 2 is 1.83 bits per heavy atom. The molecule has 1 amide bonds. The molecule has 1 fully saturated rings. The summed E-state index contributed by atoms with van der Waals surface area (Å²) in [7, 11) is 1.70. The number of hydrogen-bond donors (Lipinski definition) is 5. The fourth-order valence-corrected chi connectivity index (χ4v) is 5.60. The number of hydrogen-bond acceptors (Lipinski definition) is 10. The van der Waals surface area contributed by atoms with Gasteiger partial charge in [0.2, 0.25) is 5.91 Å². The molecular weight excluding hydrogens is 587 g/mol. The monoisotopic (exact) mass is 620 g/mol. The van der Waals surface area contributed by atoms with Gasteiger partial charge in [0.1, 0.15) is 35.1 Å². The van der Waals surface area contributed by atoms with Gasteiger partial charge in [0, 0.05) is 62.7 Å². The first-order valence-corrected chi connectivity index (χ1v) is 14.8. The van der Waals surface area contributed by atoms with Crippen LogP contribution in [0.15, 0.2) is 60.9 Å². The number of aromatic nitrogens is 2. The smallest absolute Gasteiger partial charge is 0.243 e. The number of piperidine rings is 1. The quantitative estimate of drug-likeness (QED) is 0.0956. The Balaban J connectivity index is 1.35. The predicted octanol–water partition coefficient (Wildman–Crippen LogP) is 4.64. The minimum Gasteiger partial charge on any atom is -0.506 e. The molecule has 3 heterocycles. The topological polar surface area (TPSA) is 170 Å². The lowest BCUT2D eigenvalue weighted by atomic mass is 9.91. The molecule has 2 aromatic carbocycles. The average molecular weight is 621 g/mol. The summed E-state index contributed by atoms with van der Waals surface area (Å²) in [4.78, 5) is 22.5. The molecule has 1 aliphatic rings. The van der Waals surface area contributed by atoms with E-state index in [4.69, 9.17) is 10.2 Å². The average Bonchev–Trinajstić information content (AvgIpc) is 3.09. The first-order chi connectivity index (χ1) is 22.3. The fourth-order valence-electron chi connectivity index (χ4n) is 5.60. The summed E-state index contributed by atoms with van der Waals surface area (Å²) < 4.78 is 14.8. The summed E-state index contributed by atoms with van der Waals surface area (Å²) in [6.45, 7) is 1.85. The standard InChI is InChI=1S/C34H33FN8O3/c1-38-30-8-6-22(15-31(30)44)28-20-41-34(27(17-37)33(28)23-4-5-24(16-36)29(35)14-23)43-12-10-25(11-13-43)40-19-26-7-2-21(18-39-26)3-9-32(45)42-46/h2,4-8,14-15,18,20,25,38,40,44,46H,3,9-13,19H2,1H3,(H,42,45). The summed E-state index contributed by atoms with van der Waals surface area (Å²) in [6, 6.07) is 17.6. The summed E-state index contributed by atoms with van der Waals surface area (Å²) >= 11 is 0. The van der Waals surface area contributed by atoms with E-state index in [-0.39, 0.29) is 29.3 Å². The second-order valence-electron chi connectivity index (χ2n) is 11.0. The Morgan fingerprint density at radius 1 is 1.04 bits per heavy atom. The number of anilines is 2.